The summed E-state index contributed by atoms with van der Waals surface area (Å²) in [5.74, 6) is 0.162. The minimum atomic E-state index is -0.167. The van der Waals surface area contributed by atoms with E-state index in [0.29, 0.717) is 11.1 Å². The van der Waals surface area contributed by atoms with Crippen molar-refractivity contribution >= 4 is 16.6 Å². The molecular weight excluding hydrogens is 367 g/mol. The number of aryl methyl sites for hydroxylation is 1. The summed E-state index contributed by atoms with van der Waals surface area (Å²) < 4.78 is 17.5. The van der Waals surface area contributed by atoms with Crippen molar-refractivity contribution in [3.8, 4) is 11.3 Å². The molecule has 7 heteroatoms. The fourth-order valence-electron chi connectivity index (χ4n) is 4.60. The van der Waals surface area contributed by atoms with Gasteiger partial charge in [0.1, 0.15) is 6.33 Å². The van der Waals surface area contributed by atoms with E-state index in [2.05, 4.69) is 45.3 Å². The molecule has 0 aromatic carbocycles. The average Bonchev–Trinajstić information content (AvgIpc) is 3.34. The van der Waals surface area contributed by atoms with Crippen LogP contribution in [0.3, 0.4) is 0 Å². The molecule has 150 valence electrons. The summed E-state index contributed by atoms with van der Waals surface area (Å²) in [6.07, 6.45) is 7.14. The fourth-order valence-corrected chi connectivity index (χ4v) is 4.60. The van der Waals surface area contributed by atoms with Gasteiger partial charge in [0.2, 0.25) is 0 Å². The average molecular weight is 392 g/mol. The number of aromatic amines is 1. The predicted molar refractivity (Wildman–Crippen MR) is 112 cm³/mol. The molecular formula is C22H25FN6. The second-order valence-electron chi connectivity index (χ2n) is 8.28. The Morgan fingerprint density at radius 3 is 2.76 bits per heavy atom. The van der Waals surface area contributed by atoms with Crippen molar-refractivity contribution in [2.45, 2.75) is 45.4 Å². The Hall–Kier alpha value is -2.80. The lowest BCUT2D eigenvalue weighted by Gasteiger charge is -2.22. The van der Waals surface area contributed by atoms with Gasteiger partial charge in [-0.1, -0.05) is 13.8 Å². The first-order chi connectivity index (χ1) is 14.0. The number of nitrogens with zero attached hydrogens (tertiary/aromatic N) is 4. The summed E-state index contributed by atoms with van der Waals surface area (Å²) in [5.41, 5.74) is 6.11. The molecule has 6 nitrogen and oxygen atoms in total. The summed E-state index contributed by atoms with van der Waals surface area (Å²) >= 11 is 0. The molecule has 0 atom stereocenters. The van der Waals surface area contributed by atoms with Gasteiger partial charge < -0.3 is 10.3 Å². The highest BCUT2D eigenvalue weighted by atomic mass is 19.1. The van der Waals surface area contributed by atoms with Gasteiger partial charge in [0, 0.05) is 23.1 Å². The van der Waals surface area contributed by atoms with Crippen molar-refractivity contribution in [2.75, 3.05) is 13.1 Å². The van der Waals surface area contributed by atoms with Gasteiger partial charge in [0.25, 0.3) is 0 Å². The maximum absolute atomic E-state index is 15.8. The van der Waals surface area contributed by atoms with Crippen molar-refractivity contribution in [1.82, 2.24) is 29.9 Å². The third-order valence-corrected chi connectivity index (χ3v) is 6.00. The zero-order chi connectivity index (χ0) is 20.1. The molecule has 4 aromatic rings. The Labute approximate surface area is 168 Å². The largest absolute Gasteiger partial charge is 0.353 e. The number of fused-ring (bicyclic) bond motifs is 2. The van der Waals surface area contributed by atoms with Gasteiger partial charge in [0.05, 0.1) is 23.1 Å². The molecule has 1 saturated heterocycles. The highest BCUT2D eigenvalue weighted by Crippen LogP contribution is 2.39. The molecule has 2 N–H and O–H groups in total. The van der Waals surface area contributed by atoms with E-state index in [4.69, 9.17) is 0 Å². The van der Waals surface area contributed by atoms with Crippen LogP contribution >= 0.6 is 0 Å². The standard InChI is InChI=1S/C22H25FN6/c1-12(2)17-18-16(9-25-21(19(18)23)14-4-6-24-7-5-14)28-20(17)15-8-13(3)22-26-11-27-29(22)10-15/h8-12,14,24,28H,4-7H2,1-3H3. The molecule has 0 amide bonds. The number of hydrogen-bond acceptors (Lipinski definition) is 4. The highest BCUT2D eigenvalue weighted by Gasteiger charge is 2.26. The summed E-state index contributed by atoms with van der Waals surface area (Å²) in [6, 6.07) is 2.08. The van der Waals surface area contributed by atoms with E-state index in [1.54, 1.807) is 17.0 Å². The molecule has 0 spiro atoms. The number of aromatic nitrogens is 5. The van der Waals surface area contributed by atoms with E-state index < -0.39 is 0 Å². The van der Waals surface area contributed by atoms with E-state index in [1.807, 2.05) is 13.1 Å². The lowest BCUT2D eigenvalue weighted by molar-refractivity contribution is 0.437. The van der Waals surface area contributed by atoms with Crippen LogP contribution in [0.15, 0.2) is 24.8 Å². The van der Waals surface area contributed by atoms with Gasteiger partial charge in [-0.3, -0.25) is 4.98 Å². The van der Waals surface area contributed by atoms with Crippen LogP contribution in [0.2, 0.25) is 0 Å². The molecule has 5 rings (SSSR count). The molecule has 1 aliphatic rings. The Morgan fingerprint density at radius 1 is 1.21 bits per heavy atom. The van der Waals surface area contributed by atoms with Crippen LogP contribution in [0.5, 0.6) is 0 Å². The third-order valence-electron chi connectivity index (χ3n) is 6.00. The zero-order valence-electron chi connectivity index (χ0n) is 17.0. The first-order valence-electron chi connectivity index (χ1n) is 10.3. The van der Waals surface area contributed by atoms with Crippen molar-refractivity contribution in [1.29, 1.82) is 0 Å². The quantitative estimate of drug-likeness (QED) is 0.545. The lowest BCUT2D eigenvalue weighted by atomic mass is 9.91. The van der Waals surface area contributed by atoms with Crippen LogP contribution in [0.25, 0.3) is 27.8 Å². The van der Waals surface area contributed by atoms with Crippen LogP contribution in [0.4, 0.5) is 4.39 Å². The first-order valence-corrected chi connectivity index (χ1v) is 10.3. The second-order valence-corrected chi connectivity index (χ2v) is 8.28. The van der Waals surface area contributed by atoms with Gasteiger partial charge in [-0.2, -0.15) is 5.10 Å². The van der Waals surface area contributed by atoms with Crippen molar-refractivity contribution in [3.63, 3.8) is 0 Å². The van der Waals surface area contributed by atoms with Gasteiger partial charge in [-0.25, -0.2) is 13.9 Å². The van der Waals surface area contributed by atoms with E-state index >= 15 is 4.39 Å². The molecule has 29 heavy (non-hydrogen) atoms. The van der Waals surface area contributed by atoms with E-state index in [0.717, 1.165) is 59.5 Å². The van der Waals surface area contributed by atoms with Crippen LogP contribution in [-0.2, 0) is 0 Å². The molecule has 5 heterocycles. The Balaban J connectivity index is 1.73. The van der Waals surface area contributed by atoms with Gasteiger partial charge in [-0.05, 0) is 56.0 Å². The number of piperidine rings is 1. The topological polar surface area (TPSA) is 70.9 Å². The number of H-pyrrole nitrogens is 1. The van der Waals surface area contributed by atoms with Crippen molar-refractivity contribution < 1.29 is 4.39 Å². The maximum Gasteiger partial charge on any atom is 0.158 e. The molecule has 1 fully saturated rings. The summed E-state index contributed by atoms with van der Waals surface area (Å²) in [5, 5.41) is 8.31. The molecule has 4 aromatic heterocycles. The maximum atomic E-state index is 15.8. The van der Waals surface area contributed by atoms with Gasteiger partial charge >= 0.3 is 0 Å². The smallest absolute Gasteiger partial charge is 0.158 e. The second kappa shape index (κ2) is 6.91. The monoisotopic (exact) mass is 392 g/mol. The Morgan fingerprint density at radius 2 is 2.00 bits per heavy atom. The van der Waals surface area contributed by atoms with Gasteiger partial charge in [-0.15, -0.1) is 0 Å². The summed E-state index contributed by atoms with van der Waals surface area (Å²) in [4.78, 5) is 12.3. The van der Waals surface area contributed by atoms with Crippen LogP contribution in [-0.4, -0.2) is 37.7 Å². The van der Waals surface area contributed by atoms with Crippen LogP contribution in [0.1, 0.15) is 55.3 Å². The van der Waals surface area contributed by atoms with Crippen LogP contribution in [0, 0.1) is 12.7 Å². The molecule has 0 aliphatic carbocycles. The number of hydrogen-bond donors (Lipinski definition) is 2. The lowest BCUT2D eigenvalue weighted by Crippen LogP contribution is -2.27. The Bertz CT molecular complexity index is 1200. The van der Waals surface area contributed by atoms with E-state index in [9.17, 15) is 0 Å². The first kappa shape index (κ1) is 18.2. The molecule has 0 saturated carbocycles. The number of nitrogens with one attached hydrogen (secondary N) is 2. The zero-order valence-corrected chi connectivity index (χ0v) is 17.0. The molecule has 0 radical (unpaired) electrons. The van der Waals surface area contributed by atoms with Crippen molar-refractivity contribution in [3.05, 3.63) is 47.4 Å². The predicted octanol–water partition coefficient (Wildman–Crippen LogP) is 4.31. The number of rotatable bonds is 3. The SMILES string of the molecule is Cc1cc(-c2[nH]c3cnc(C4CCNCC4)c(F)c3c2C(C)C)cn2ncnc12. The molecule has 0 unspecified atom stereocenters. The molecule has 1 aliphatic heterocycles. The Kier molecular flexibility index (Phi) is 4.35. The minimum Gasteiger partial charge on any atom is -0.353 e. The normalized spacial score (nSPS) is 15.8. The molecule has 0 bridgehead atoms. The number of pyridine rings is 2. The van der Waals surface area contributed by atoms with E-state index in [-0.39, 0.29) is 17.7 Å². The number of halogens is 1. The third kappa shape index (κ3) is 2.92. The van der Waals surface area contributed by atoms with E-state index in [1.165, 1.54) is 0 Å². The van der Waals surface area contributed by atoms with Crippen molar-refractivity contribution in [2.24, 2.45) is 0 Å². The summed E-state index contributed by atoms with van der Waals surface area (Å²) in [6.45, 7) is 8.06. The fraction of sp³-hybridized carbons (Fsp3) is 0.409. The minimum absolute atomic E-state index is 0.156. The highest BCUT2D eigenvalue weighted by molar-refractivity contribution is 5.92. The van der Waals surface area contributed by atoms with Gasteiger partial charge in [0.15, 0.2) is 11.5 Å². The van der Waals surface area contributed by atoms with Crippen LogP contribution < -0.4 is 5.32 Å². The summed E-state index contributed by atoms with van der Waals surface area (Å²) in [7, 11) is 0.